The Kier molecular flexibility index (Phi) is 4.13. The van der Waals surface area contributed by atoms with E-state index >= 15 is 0 Å². The fourth-order valence-electron chi connectivity index (χ4n) is 3.63. The number of aliphatic hydroxyl groups excluding tert-OH is 1. The number of likely N-dealkylation sites (tertiary alicyclic amines) is 1. The third-order valence-electron chi connectivity index (χ3n) is 5.25. The summed E-state index contributed by atoms with van der Waals surface area (Å²) < 4.78 is 5.69. The topological polar surface area (TPSA) is 44.7 Å². The highest BCUT2D eigenvalue weighted by Crippen LogP contribution is 2.34. The number of ether oxygens (including phenoxy) is 1. The van der Waals surface area contributed by atoms with Crippen molar-refractivity contribution in [1.29, 1.82) is 0 Å². The van der Waals surface area contributed by atoms with Gasteiger partial charge in [0.15, 0.2) is 0 Å². The highest BCUT2D eigenvalue weighted by atomic mass is 16.5. The van der Waals surface area contributed by atoms with Gasteiger partial charge in [-0.3, -0.25) is 4.90 Å². The third-order valence-corrected chi connectivity index (χ3v) is 5.25. The minimum absolute atomic E-state index is 0.278. The zero-order chi connectivity index (χ0) is 13.3. The number of hydrogen-bond donors (Lipinski definition) is 2. The Labute approximate surface area is 116 Å². The van der Waals surface area contributed by atoms with Crippen LogP contribution in [0.5, 0.6) is 0 Å². The van der Waals surface area contributed by atoms with Gasteiger partial charge in [-0.25, -0.2) is 0 Å². The maximum absolute atomic E-state index is 9.60. The number of aliphatic hydroxyl groups is 1. The Balaban J connectivity index is 1.60. The molecule has 4 heteroatoms. The van der Waals surface area contributed by atoms with Gasteiger partial charge in [-0.2, -0.15) is 0 Å². The summed E-state index contributed by atoms with van der Waals surface area (Å²) in [6, 6.07) is 1.13. The van der Waals surface area contributed by atoms with Gasteiger partial charge >= 0.3 is 0 Å². The Morgan fingerprint density at radius 3 is 2.84 bits per heavy atom. The second-order valence-corrected chi connectivity index (χ2v) is 6.94. The van der Waals surface area contributed by atoms with E-state index in [9.17, 15) is 5.11 Å². The highest BCUT2D eigenvalue weighted by molar-refractivity contribution is 4.95. The molecule has 2 heterocycles. The second-order valence-electron chi connectivity index (χ2n) is 6.94. The lowest BCUT2D eigenvalue weighted by Gasteiger charge is -2.35. The Morgan fingerprint density at radius 2 is 2.21 bits per heavy atom. The standard InChI is InChI=1S/C15H28N2O2/c1-12-4-6-17(14(12)8-18)10-15(5-7-19-11-15)9-16-13-2-3-13/h12-14,16,18H,2-11H2,1H3. The maximum atomic E-state index is 9.60. The molecule has 3 rings (SSSR count). The maximum Gasteiger partial charge on any atom is 0.0589 e. The lowest BCUT2D eigenvalue weighted by atomic mass is 9.86. The molecule has 0 bridgehead atoms. The van der Waals surface area contributed by atoms with Crippen LogP contribution in [0.1, 0.15) is 32.6 Å². The Morgan fingerprint density at radius 1 is 1.37 bits per heavy atom. The normalized spacial score (nSPS) is 40.1. The molecular weight excluding hydrogens is 240 g/mol. The minimum Gasteiger partial charge on any atom is -0.395 e. The summed E-state index contributed by atoms with van der Waals surface area (Å²) in [6.45, 7) is 7.66. The first-order valence-corrected chi connectivity index (χ1v) is 7.88. The van der Waals surface area contributed by atoms with Crippen LogP contribution in [0.25, 0.3) is 0 Å². The van der Waals surface area contributed by atoms with Crippen LogP contribution in [0.2, 0.25) is 0 Å². The zero-order valence-electron chi connectivity index (χ0n) is 12.1. The van der Waals surface area contributed by atoms with Crippen LogP contribution in [0, 0.1) is 11.3 Å². The van der Waals surface area contributed by atoms with Crippen molar-refractivity contribution >= 4 is 0 Å². The molecule has 0 aromatic carbocycles. The van der Waals surface area contributed by atoms with Crippen molar-refractivity contribution in [3.63, 3.8) is 0 Å². The molecular formula is C15H28N2O2. The van der Waals surface area contributed by atoms with Gasteiger partial charge in [-0.15, -0.1) is 0 Å². The molecule has 0 spiro atoms. The second kappa shape index (κ2) is 5.68. The molecule has 2 saturated heterocycles. The molecule has 3 atom stereocenters. The van der Waals surface area contributed by atoms with E-state index in [4.69, 9.17) is 4.74 Å². The van der Waals surface area contributed by atoms with E-state index in [1.807, 2.05) is 0 Å². The summed E-state index contributed by atoms with van der Waals surface area (Å²) in [4.78, 5) is 2.51. The van der Waals surface area contributed by atoms with Crippen LogP contribution in [-0.2, 0) is 4.74 Å². The van der Waals surface area contributed by atoms with E-state index in [0.29, 0.717) is 18.6 Å². The van der Waals surface area contributed by atoms with E-state index in [-0.39, 0.29) is 5.41 Å². The summed E-state index contributed by atoms with van der Waals surface area (Å²) in [5, 5.41) is 13.3. The smallest absolute Gasteiger partial charge is 0.0589 e. The molecule has 1 saturated carbocycles. The number of nitrogens with zero attached hydrogens (tertiary/aromatic N) is 1. The van der Waals surface area contributed by atoms with Crippen molar-refractivity contribution in [3.05, 3.63) is 0 Å². The molecule has 0 amide bonds. The van der Waals surface area contributed by atoms with Crippen molar-refractivity contribution in [1.82, 2.24) is 10.2 Å². The van der Waals surface area contributed by atoms with Crippen molar-refractivity contribution < 1.29 is 9.84 Å². The summed E-state index contributed by atoms with van der Waals surface area (Å²) in [6.07, 6.45) is 5.07. The van der Waals surface area contributed by atoms with Gasteiger partial charge in [0.05, 0.1) is 13.2 Å². The minimum atomic E-state index is 0.278. The van der Waals surface area contributed by atoms with E-state index in [0.717, 1.165) is 45.3 Å². The first-order chi connectivity index (χ1) is 9.22. The van der Waals surface area contributed by atoms with Gasteiger partial charge in [-0.05, 0) is 38.1 Å². The summed E-state index contributed by atoms with van der Waals surface area (Å²) >= 11 is 0. The van der Waals surface area contributed by atoms with Crippen molar-refractivity contribution in [3.8, 4) is 0 Å². The van der Waals surface area contributed by atoms with E-state index in [2.05, 4.69) is 17.1 Å². The van der Waals surface area contributed by atoms with Crippen LogP contribution in [0.3, 0.4) is 0 Å². The van der Waals surface area contributed by atoms with E-state index in [1.54, 1.807) is 0 Å². The molecule has 2 N–H and O–H groups in total. The van der Waals surface area contributed by atoms with Crippen molar-refractivity contribution in [2.45, 2.75) is 44.7 Å². The lowest BCUT2D eigenvalue weighted by molar-refractivity contribution is 0.0745. The summed E-state index contributed by atoms with van der Waals surface area (Å²) in [5.74, 6) is 0.626. The van der Waals surface area contributed by atoms with E-state index < -0.39 is 0 Å². The zero-order valence-corrected chi connectivity index (χ0v) is 12.1. The lowest BCUT2D eigenvalue weighted by Crippen LogP contribution is -2.48. The van der Waals surface area contributed by atoms with Crippen molar-refractivity contribution in [2.75, 3.05) is 39.5 Å². The molecule has 0 radical (unpaired) electrons. The van der Waals surface area contributed by atoms with Crippen LogP contribution in [0.4, 0.5) is 0 Å². The predicted octanol–water partition coefficient (Wildman–Crippen LogP) is 0.848. The SMILES string of the molecule is CC1CCN(CC2(CNC3CC3)CCOC2)C1CO. The monoisotopic (exact) mass is 268 g/mol. The van der Waals surface area contributed by atoms with Crippen LogP contribution >= 0.6 is 0 Å². The summed E-state index contributed by atoms with van der Waals surface area (Å²) in [7, 11) is 0. The molecule has 3 fully saturated rings. The molecule has 110 valence electrons. The molecule has 1 aliphatic carbocycles. The van der Waals surface area contributed by atoms with Crippen LogP contribution < -0.4 is 5.32 Å². The number of rotatable bonds is 6. The Hall–Kier alpha value is -0.160. The quantitative estimate of drug-likeness (QED) is 0.749. The fraction of sp³-hybridized carbons (Fsp3) is 1.00. The highest BCUT2D eigenvalue weighted by Gasteiger charge is 2.41. The third kappa shape index (κ3) is 3.13. The molecule has 3 unspecified atom stereocenters. The molecule has 0 aromatic heterocycles. The van der Waals surface area contributed by atoms with Gasteiger partial charge < -0.3 is 15.2 Å². The molecule has 4 nitrogen and oxygen atoms in total. The Bertz CT molecular complexity index is 301. The number of nitrogens with one attached hydrogen (secondary N) is 1. The van der Waals surface area contributed by atoms with Crippen molar-refractivity contribution in [2.24, 2.45) is 11.3 Å². The first-order valence-electron chi connectivity index (χ1n) is 7.88. The van der Waals surface area contributed by atoms with Gasteiger partial charge in [-0.1, -0.05) is 6.92 Å². The fourth-order valence-corrected chi connectivity index (χ4v) is 3.63. The predicted molar refractivity (Wildman–Crippen MR) is 75.1 cm³/mol. The average molecular weight is 268 g/mol. The van der Waals surface area contributed by atoms with Crippen LogP contribution in [0.15, 0.2) is 0 Å². The van der Waals surface area contributed by atoms with Gasteiger partial charge in [0.2, 0.25) is 0 Å². The first kappa shape index (κ1) is 13.8. The molecule has 0 aromatic rings. The summed E-state index contributed by atoms with van der Waals surface area (Å²) in [5.41, 5.74) is 0.278. The molecule has 3 aliphatic rings. The van der Waals surface area contributed by atoms with Gasteiger partial charge in [0.25, 0.3) is 0 Å². The van der Waals surface area contributed by atoms with Gasteiger partial charge in [0, 0.05) is 37.2 Å². The van der Waals surface area contributed by atoms with E-state index in [1.165, 1.54) is 19.3 Å². The average Bonchev–Trinajstić information content (AvgIpc) is 3.03. The molecule has 2 aliphatic heterocycles. The van der Waals surface area contributed by atoms with Crippen LogP contribution in [-0.4, -0.2) is 61.5 Å². The largest absolute Gasteiger partial charge is 0.395 e. The molecule has 19 heavy (non-hydrogen) atoms. The van der Waals surface area contributed by atoms with Gasteiger partial charge in [0.1, 0.15) is 0 Å². The number of hydrogen-bond acceptors (Lipinski definition) is 4.